The Balaban J connectivity index is 1.48. The first kappa shape index (κ1) is 31.1. The maximum Gasteiger partial charge on any atom is 0.348 e. The summed E-state index contributed by atoms with van der Waals surface area (Å²) < 4.78 is 15.6. The van der Waals surface area contributed by atoms with Gasteiger partial charge in [-0.1, -0.05) is 24.3 Å². The van der Waals surface area contributed by atoms with Crippen molar-refractivity contribution in [3.05, 3.63) is 118 Å². The SMILES string of the molecule is O=C1O/C(=C(/C(=O)O)c2ccc(O)cc2)C(O)=C1c1cc2c3c(c(O)cc(C4=C(O)/C(=C(/C(=O)O)c5ccc(O)cc5)OC4=O)c3c1)OC2=O. The van der Waals surface area contributed by atoms with Gasteiger partial charge in [-0.3, -0.25) is 0 Å². The fraction of sp³-hybridized carbons (Fsp3) is 0. The first-order valence-corrected chi connectivity index (χ1v) is 14.2. The fourth-order valence-corrected chi connectivity index (χ4v) is 5.87. The Labute approximate surface area is 277 Å². The second-order valence-corrected chi connectivity index (χ2v) is 10.9. The molecule has 0 radical (unpaired) electrons. The van der Waals surface area contributed by atoms with E-state index in [9.17, 15) is 59.7 Å². The Morgan fingerprint density at radius 3 is 1.52 bits per heavy atom. The van der Waals surface area contributed by atoms with Gasteiger partial charge in [0.2, 0.25) is 0 Å². The van der Waals surface area contributed by atoms with Crippen LogP contribution in [-0.2, 0) is 28.7 Å². The maximum absolute atomic E-state index is 13.3. The first-order valence-electron chi connectivity index (χ1n) is 14.2. The monoisotopic (exact) mass is 678 g/mol. The molecular weight excluding hydrogens is 660 g/mol. The molecule has 3 heterocycles. The number of carboxylic acid groups (broad SMARTS) is 2. The van der Waals surface area contributed by atoms with E-state index in [4.69, 9.17) is 14.2 Å². The van der Waals surface area contributed by atoms with Gasteiger partial charge in [0.25, 0.3) is 0 Å². The quantitative estimate of drug-likeness (QED) is 0.0859. The first-order chi connectivity index (χ1) is 23.8. The highest BCUT2D eigenvalue weighted by Gasteiger charge is 2.41. The summed E-state index contributed by atoms with van der Waals surface area (Å²) in [6, 6.07) is 12.7. The van der Waals surface area contributed by atoms with Crippen LogP contribution in [0.4, 0.5) is 0 Å². The number of phenols is 3. The highest BCUT2D eigenvalue weighted by molar-refractivity contribution is 6.30. The van der Waals surface area contributed by atoms with Crippen LogP contribution in [0.5, 0.6) is 23.0 Å². The molecule has 0 aromatic heterocycles. The third-order valence-electron chi connectivity index (χ3n) is 8.04. The number of cyclic esters (lactones) is 2. The molecule has 0 aliphatic carbocycles. The number of esters is 3. The second-order valence-electron chi connectivity index (χ2n) is 10.9. The van der Waals surface area contributed by atoms with E-state index in [1.807, 2.05) is 0 Å². The average molecular weight is 679 g/mol. The number of carbonyl (C=O) groups is 5. The molecular formula is C35H18O15. The maximum atomic E-state index is 13.3. The lowest BCUT2D eigenvalue weighted by Crippen LogP contribution is -2.06. The van der Waals surface area contributed by atoms with Crippen LogP contribution in [-0.4, -0.2) is 65.6 Å². The number of aliphatic carboxylic acids is 2. The summed E-state index contributed by atoms with van der Waals surface area (Å²) in [5, 5.41) is 72.3. The summed E-state index contributed by atoms with van der Waals surface area (Å²) in [4.78, 5) is 64.0. The Hall–Kier alpha value is -7.55. The predicted molar refractivity (Wildman–Crippen MR) is 167 cm³/mol. The number of rotatable bonds is 6. The molecule has 0 fully saturated rings. The molecule has 15 heteroatoms. The van der Waals surface area contributed by atoms with Crippen LogP contribution in [0.2, 0.25) is 0 Å². The van der Waals surface area contributed by atoms with Crippen molar-refractivity contribution in [2.75, 3.05) is 0 Å². The number of hydrogen-bond acceptors (Lipinski definition) is 13. The zero-order chi connectivity index (χ0) is 35.8. The number of hydrogen-bond donors (Lipinski definition) is 7. The molecule has 0 saturated carbocycles. The van der Waals surface area contributed by atoms with E-state index in [-0.39, 0.29) is 55.8 Å². The van der Waals surface area contributed by atoms with Gasteiger partial charge in [-0.05, 0) is 64.5 Å². The summed E-state index contributed by atoms with van der Waals surface area (Å²) in [5.74, 6) is -11.6. The minimum Gasteiger partial charge on any atom is -0.508 e. The van der Waals surface area contributed by atoms with Crippen molar-refractivity contribution >= 4 is 62.9 Å². The molecule has 0 amide bonds. The van der Waals surface area contributed by atoms with E-state index in [2.05, 4.69) is 0 Å². The largest absolute Gasteiger partial charge is 0.508 e. The summed E-state index contributed by atoms with van der Waals surface area (Å²) in [6.07, 6.45) is 0. The van der Waals surface area contributed by atoms with Crippen LogP contribution in [0.15, 0.2) is 89.8 Å². The van der Waals surface area contributed by atoms with E-state index in [0.717, 1.165) is 12.1 Å². The molecule has 0 spiro atoms. The Morgan fingerprint density at radius 2 is 1.02 bits per heavy atom. The molecule has 3 aliphatic rings. The molecule has 15 nitrogen and oxygen atoms in total. The number of carbonyl (C=O) groups excluding carboxylic acids is 3. The topological polar surface area (TPSA) is 255 Å². The minimum absolute atomic E-state index is 0.0481. The van der Waals surface area contributed by atoms with E-state index < -0.39 is 80.9 Å². The van der Waals surface area contributed by atoms with E-state index in [1.54, 1.807) is 0 Å². The summed E-state index contributed by atoms with van der Waals surface area (Å²) in [5.41, 5.74) is -3.50. The van der Waals surface area contributed by atoms with Crippen molar-refractivity contribution in [3.8, 4) is 23.0 Å². The molecule has 7 N–H and O–H groups in total. The van der Waals surface area contributed by atoms with Crippen molar-refractivity contribution < 1.29 is 73.9 Å². The number of aromatic hydroxyl groups is 3. The van der Waals surface area contributed by atoms with Gasteiger partial charge < -0.3 is 50.0 Å². The van der Waals surface area contributed by atoms with Crippen LogP contribution in [0, 0.1) is 0 Å². The lowest BCUT2D eigenvalue weighted by molar-refractivity contribution is -0.133. The van der Waals surface area contributed by atoms with Gasteiger partial charge in [-0.15, -0.1) is 0 Å². The molecule has 0 saturated heterocycles. The molecule has 0 atom stereocenters. The highest BCUT2D eigenvalue weighted by atomic mass is 16.6. The smallest absolute Gasteiger partial charge is 0.348 e. The summed E-state index contributed by atoms with van der Waals surface area (Å²) in [6.45, 7) is 0. The van der Waals surface area contributed by atoms with Crippen LogP contribution in [0.25, 0.3) is 33.1 Å². The third kappa shape index (κ3) is 4.64. The van der Waals surface area contributed by atoms with E-state index in [1.165, 1.54) is 54.6 Å². The molecule has 4 aromatic rings. The molecule has 0 bridgehead atoms. The van der Waals surface area contributed by atoms with E-state index >= 15 is 0 Å². The lowest BCUT2D eigenvalue weighted by Gasteiger charge is -2.11. The number of aliphatic hydroxyl groups excluding tert-OH is 2. The van der Waals surface area contributed by atoms with Gasteiger partial charge in [-0.25, -0.2) is 24.0 Å². The minimum atomic E-state index is -1.62. The van der Waals surface area contributed by atoms with Gasteiger partial charge in [0.15, 0.2) is 34.5 Å². The van der Waals surface area contributed by atoms with E-state index in [0.29, 0.717) is 0 Å². The fourth-order valence-electron chi connectivity index (χ4n) is 5.87. The van der Waals surface area contributed by atoms with Crippen molar-refractivity contribution in [1.29, 1.82) is 0 Å². The van der Waals surface area contributed by atoms with Crippen molar-refractivity contribution in [1.82, 2.24) is 0 Å². The number of aliphatic hydroxyl groups is 2. The van der Waals surface area contributed by atoms with Gasteiger partial charge in [0, 0.05) is 10.9 Å². The Morgan fingerprint density at radius 1 is 0.540 bits per heavy atom. The molecule has 7 rings (SSSR count). The van der Waals surface area contributed by atoms with Crippen molar-refractivity contribution in [3.63, 3.8) is 0 Å². The predicted octanol–water partition coefficient (Wildman–Crippen LogP) is 4.13. The zero-order valence-electron chi connectivity index (χ0n) is 24.7. The molecule has 248 valence electrons. The average Bonchev–Trinajstić information content (AvgIpc) is 3.66. The number of ether oxygens (including phenoxy) is 3. The zero-order valence-corrected chi connectivity index (χ0v) is 24.7. The summed E-state index contributed by atoms with van der Waals surface area (Å²) >= 11 is 0. The van der Waals surface area contributed by atoms with Crippen LogP contribution in [0.1, 0.15) is 32.6 Å². The second kappa shape index (κ2) is 11.0. The third-order valence-corrected chi connectivity index (χ3v) is 8.04. The Bertz CT molecular complexity index is 2420. The van der Waals surface area contributed by atoms with Gasteiger partial charge in [0.05, 0.1) is 5.56 Å². The molecule has 50 heavy (non-hydrogen) atoms. The molecule has 0 unspecified atom stereocenters. The van der Waals surface area contributed by atoms with Gasteiger partial charge >= 0.3 is 29.8 Å². The van der Waals surface area contributed by atoms with Crippen LogP contribution >= 0.6 is 0 Å². The normalized spacial score (nSPS) is 17.2. The summed E-state index contributed by atoms with van der Waals surface area (Å²) in [7, 11) is 0. The number of benzene rings is 4. The van der Waals surface area contributed by atoms with Gasteiger partial charge in [0.1, 0.15) is 33.8 Å². The number of phenolic OH excluding ortho intramolecular Hbond substituents is 3. The Kier molecular flexibility index (Phi) is 6.85. The molecule has 4 aromatic carbocycles. The standard InChI is InChI=1S/C35H18O15/c36-15-5-1-12(2-6-15)22(31(41)42)29-26(39)21(34(46)49-29)14-9-17-18(11-20(38)28-24(17)19(10-14)33(45)48-28)25-27(40)30(50-35(25)47)23(32(43)44)13-3-7-16(37)8-4-13/h1-11,36-40H,(H,41,42)(H,43,44)/b29-22+,30-23-. The van der Waals surface area contributed by atoms with Crippen molar-refractivity contribution in [2.45, 2.75) is 0 Å². The molecule has 3 aliphatic heterocycles. The van der Waals surface area contributed by atoms with Crippen LogP contribution in [0.3, 0.4) is 0 Å². The van der Waals surface area contributed by atoms with Crippen LogP contribution < -0.4 is 4.74 Å². The van der Waals surface area contributed by atoms with Crippen molar-refractivity contribution in [2.24, 2.45) is 0 Å². The highest BCUT2D eigenvalue weighted by Crippen LogP contribution is 2.49. The lowest BCUT2D eigenvalue weighted by atomic mass is 9.90. The number of carboxylic acids is 2. The van der Waals surface area contributed by atoms with Gasteiger partial charge in [-0.2, -0.15) is 0 Å².